The molecule has 2 rings (SSSR count). The molecule has 0 saturated heterocycles. The Morgan fingerprint density at radius 3 is 2.38 bits per heavy atom. The Bertz CT molecular complexity index is 599. The lowest BCUT2D eigenvalue weighted by atomic mass is 9.97. The van der Waals surface area contributed by atoms with Crippen molar-refractivity contribution in [3.8, 4) is 11.5 Å². The van der Waals surface area contributed by atoms with Crippen LogP contribution in [0, 0.1) is 0 Å². The van der Waals surface area contributed by atoms with Crippen LogP contribution >= 0.6 is 0 Å². The summed E-state index contributed by atoms with van der Waals surface area (Å²) in [6, 6.07) is 14.1. The van der Waals surface area contributed by atoms with Crippen molar-refractivity contribution in [3.63, 3.8) is 0 Å². The minimum atomic E-state index is 0.162. The molecule has 0 aromatic heterocycles. The third kappa shape index (κ3) is 3.47. The van der Waals surface area contributed by atoms with Crippen molar-refractivity contribution in [1.82, 2.24) is 5.32 Å². The molecule has 112 valence electrons. The van der Waals surface area contributed by atoms with E-state index in [-0.39, 0.29) is 6.04 Å². The summed E-state index contributed by atoms with van der Waals surface area (Å²) in [6.45, 7) is 0. The van der Waals surface area contributed by atoms with Crippen molar-refractivity contribution < 1.29 is 9.47 Å². The quantitative estimate of drug-likeness (QED) is 0.802. The molecule has 2 aromatic rings. The van der Waals surface area contributed by atoms with E-state index in [2.05, 4.69) is 11.4 Å². The Morgan fingerprint density at radius 2 is 1.76 bits per heavy atom. The fraction of sp³-hybridized carbons (Fsp3) is 0.294. The van der Waals surface area contributed by atoms with Crippen LogP contribution in [0.4, 0.5) is 5.69 Å². The Hall–Kier alpha value is -2.20. The molecule has 21 heavy (non-hydrogen) atoms. The Morgan fingerprint density at radius 1 is 1.05 bits per heavy atom. The van der Waals surface area contributed by atoms with Crippen molar-refractivity contribution in [2.45, 2.75) is 12.5 Å². The number of nitrogens with one attached hydrogen (secondary N) is 1. The number of ether oxygens (including phenoxy) is 2. The zero-order valence-electron chi connectivity index (χ0n) is 12.7. The molecule has 0 heterocycles. The highest BCUT2D eigenvalue weighted by atomic mass is 16.5. The van der Waals surface area contributed by atoms with E-state index in [1.807, 2.05) is 43.4 Å². The Kier molecular flexibility index (Phi) is 5.06. The molecular weight excluding hydrogens is 264 g/mol. The van der Waals surface area contributed by atoms with Gasteiger partial charge in [0.2, 0.25) is 0 Å². The normalized spacial score (nSPS) is 12.0. The van der Waals surface area contributed by atoms with Gasteiger partial charge in [0.15, 0.2) is 11.5 Å². The molecule has 0 unspecified atom stereocenters. The predicted molar refractivity (Wildman–Crippen MR) is 85.9 cm³/mol. The highest BCUT2D eigenvalue weighted by molar-refractivity contribution is 5.48. The summed E-state index contributed by atoms with van der Waals surface area (Å²) in [5.41, 5.74) is 9.12. The maximum absolute atomic E-state index is 6.03. The first-order valence-electron chi connectivity index (χ1n) is 6.92. The van der Waals surface area contributed by atoms with E-state index in [1.54, 1.807) is 14.2 Å². The van der Waals surface area contributed by atoms with E-state index in [9.17, 15) is 0 Å². The molecule has 3 N–H and O–H groups in total. The summed E-state index contributed by atoms with van der Waals surface area (Å²) < 4.78 is 10.6. The molecule has 0 aliphatic carbocycles. The third-order valence-corrected chi connectivity index (χ3v) is 3.64. The average Bonchev–Trinajstić information content (AvgIpc) is 2.53. The largest absolute Gasteiger partial charge is 0.493 e. The molecule has 4 nitrogen and oxygen atoms in total. The van der Waals surface area contributed by atoms with Crippen molar-refractivity contribution in [3.05, 3.63) is 53.6 Å². The highest BCUT2D eigenvalue weighted by Gasteiger charge is 2.14. The SMILES string of the molecule is CN[C@H](Cc1ccccc1N)c1ccc(OC)c(OC)c1. The monoisotopic (exact) mass is 286 g/mol. The standard InChI is InChI=1S/C17H22N2O2/c1-19-15(10-12-6-4-5-7-14(12)18)13-8-9-16(20-2)17(11-13)21-3/h4-9,11,15,19H,10,18H2,1-3H3/t15-/m1/s1. The zero-order valence-corrected chi connectivity index (χ0v) is 12.7. The summed E-state index contributed by atoms with van der Waals surface area (Å²) in [5.74, 6) is 1.46. The molecule has 0 saturated carbocycles. The van der Waals surface area contributed by atoms with E-state index in [4.69, 9.17) is 15.2 Å². The van der Waals surface area contributed by atoms with Gasteiger partial charge in [0.25, 0.3) is 0 Å². The predicted octanol–water partition coefficient (Wildman–Crippen LogP) is 2.79. The summed E-state index contributed by atoms with van der Waals surface area (Å²) >= 11 is 0. The van der Waals surface area contributed by atoms with Crippen LogP contribution in [-0.4, -0.2) is 21.3 Å². The molecule has 1 atom stereocenters. The van der Waals surface area contributed by atoms with Crippen LogP contribution in [-0.2, 0) is 6.42 Å². The van der Waals surface area contributed by atoms with Crippen LogP contribution in [0.2, 0.25) is 0 Å². The topological polar surface area (TPSA) is 56.5 Å². The summed E-state index contributed by atoms with van der Waals surface area (Å²) in [7, 11) is 5.23. The lowest BCUT2D eigenvalue weighted by Gasteiger charge is -2.19. The van der Waals surface area contributed by atoms with Gasteiger partial charge in [-0.1, -0.05) is 24.3 Å². The summed E-state index contributed by atoms with van der Waals surface area (Å²) in [6.07, 6.45) is 0.818. The van der Waals surface area contributed by atoms with Crippen LogP contribution in [0.1, 0.15) is 17.2 Å². The van der Waals surface area contributed by atoms with Crippen molar-refractivity contribution in [2.75, 3.05) is 27.0 Å². The molecule has 2 aromatic carbocycles. The lowest BCUT2D eigenvalue weighted by Crippen LogP contribution is -2.19. The molecule has 0 aliphatic rings. The van der Waals surface area contributed by atoms with Gasteiger partial charge < -0.3 is 20.5 Å². The van der Waals surface area contributed by atoms with Crippen LogP contribution < -0.4 is 20.5 Å². The average molecular weight is 286 g/mol. The van der Waals surface area contributed by atoms with Gasteiger partial charge in [0.05, 0.1) is 14.2 Å². The zero-order chi connectivity index (χ0) is 15.2. The molecule has 0 aliphatic heterocycles. The van der Waals surface area contributed by atoms with Crippen LogP contribution in [0.3, 0.4) is 0 Å². The number of likely N-dealkylation sites (N-methyl/N-ethyl adjacent to an activating group) is 1. The van der Waals surface area contributed by atoms with E-state index in [0.717, 1.165) is 34.7 Å². The molecule has 0 fully saturated rings. The minimum Gasteiger partial charge on any atom is -0.493 e. The number of rotatable bonds is 6. The van der Waals surface area contributed by atoms with Gasteiger partial charge in [0.1, 0.15) is 0 Å². The number of hydrogen-bond donors (Lipinski definition) is 2. The van der Waals surface area contributed by atoms with Crippen molar-refractivity contribution >= 4 is 5.69 Å². The number of benzene rings is 2. The lowest BCUT2D eigenvalue weighted by molar-refractivity contribution is 0.354. The number of methoxy groups -OCH3 is 2. The van der Waals surface area contributed by atoms with Crippen molar-refractivity contribution in [2.24, 2.45) is 0 Å². The number of anilines is 1. The minimum absolute atomic E-state index is 0.162. The number of nitrogen functional groups attached to an aromatic ring is 1. The molecule has 0 spiro atoms. The van der Waals surface area contributed by atoms with Gasteiger partial charge in [-0.25, -0.2) is 0 Å². The van der Waals surface area contributed by atoms with Gasteiger partial charge in [-0.05, 0) is 42.8 Å². The van der Waals surface area contributed by atoms with Gasteiger partial charge in [-0.15, -0.1) is 0 Å². The molecule has 0 bridgehead atoms. The fourth-order valence-electron chi connectivity index (χ4n) is 2.40. The van der Waals surface area contributed by atoms with Crippen LogP contribution in [0.25, 0.3) is 0 Å². The van der Waals surface area contributed by atoms with Crippen molar-refractivity contribution in [1.29, 1.82) is 0 Å². The molecule has 0 amide bonds. The second-order valence-corrected chi connectivity index (χ2v) is 4.86. The summed E-state index contributed by atoms with van der Waals surface area (Å²) in [4.78, 5) is 0. The fourth-order valence-corrected chi connectivity index (χ4v) is 2.40. The van der Waals surface area contributed by atoms with Crippen LogP contribution in [0.5, 0.6) is 11.5 Å². The van der Waals surface area contributed by atoms with E-state index in [1.165, 1.54) is 0 Å². The maximum Gasteiger partial charge on any atom is 0.161 e. The van der Waals surface area contributed by atoms with Gasteiger partial charge >= 0.3 is 0 Å². The first kappa shape index (κ1) is 15.2. The van der Waals surface area contributed by atoms with Gasteiger partial charge in [-0.2, -0.15) is 0 Å². The Labute approximate surface area is 125 Å². The first-order chi connectivity index (χ1) is 10.2. The first-order valence-corrected chi connectivity index (χ1v) is 6.92. The molecule has 0 radical (unpaired) electrons. The molecule has 4 heteroatoms. The number of nitrogens with two attached hydrogens (primary N) is 1. The maximum atomic E-state index is 6.03. The number of para-hydroxylation sites is 1. The third-order valence-electron chi connectivity index (χ3n) is 3.64. The highest BCUT2D eigenvalue weighted by Crippen LogP contribution is 2.31. The summed E-state index contributed by atoms with van der Waals surface area (Å²) in [5, 5.41) is 3.33. The molecular formula is C17H22N2O2. The number of hydrogen-bond acceptors (Lipinski definition) is 4. The second kappa shape index (κ2) is 6.99. The van der Waals surface area contributed by atoms with Gasteiger partial charge in [-0.3, -0.25) is 0 Å². The van der Waals surface area contributed by atoms with Crippen LogP contribution in [0.15, 0.2) is 42.5 Å². The van der Waals surface area contributed by atoms with Gasteiger partial charge in [0, 0.05) is 11.7 Å². The van der Waals surface area contributed by atoms with E-state index >= 15 is 0 Å². The second-order valence-electron chi connectivity index (χ2n) is 4.86. The smallest absolute Gasteiger partial charge is 0.161 e. The van der Waals surface area contributed by atoms with E-state index in [0.29, 0.717) is 0 Å². The Balaban J connectivity index is 2.27. The van der Waals surface area contributed by atoms with E-state index < -0.39 is 0 Å².